The number of ketones is 2. The van der Waals surface area contributed by atoms with Gasteiger partial charge in [0.15, 0.2) is 5.78 Å². The van der Waals surface area contributed by atoms with Gasteiger partial charge >= 0.3 is 5.97 Å². The Labute approximate surface area is 118 Å². The van der Waals surface area contributed by atoms with Crippen molar-refractivity contribution in [2.45, 2.75) is 33.1 Å². The number of rotatable bonds is 5. The van der Waals surface area contributed by atoms with Gasteiger partial charge < -0.3 is 4.74 Å². The molecule has 0 radical (unpaired) electrons. The smallest absolute Gasteiger partial charge is 0.305 e. The molecular formula is C16H18O4. The van der Waals surface area contributed by atoms with Gasteiger partial charge in [0.2, 0.25) is 0 Å². The first kappa shape index (κ1) is 14.4. The summed E-state index contributed by atoms with van der Waals surface area (Å²) in [6, 6.07) is 7.25. The zero-order valence-electron chi connectivity index (χ0n) is 11.8. The Kier molecular flexibility index (Phi) is 4.02. The van der Waals surface area contributed by atoms with E-state index in [0.29, 0.717) is 18.6 Å². The van der Waals surface area contributed by atoms with E-state index in [1.165, 1.54) is 6.92 Å². The second kappa shape index (κ2) is 5.57. The summed E-state index contributed by atoms with van der Waals surface area (Å²) in [7, 11) is 0. The number of Topliss-reactive ketones (excluding diaryl/α,β-unsaturated/α-hetero) is 2. The van der Waals surface area contributed by atoms with E-state index in [0.717, 1.165) is 5.56 Å². The molecule has 0 aromatic heterocycles. The van der Waals surface area contributed by atoms with Gasteiger partial charge in [-0.1, -0.05) is 24.3 Å². The summed E-state index contributed by atoms with van der Waals surface area (Å²) in [6.07, 6.45) is 0.693. The minimum Gasteiger partial charge on any atom is -0.466 e. The number of hydrogen-bond donors (Lipinski definition) is 0. The molecule has 0 saturated carbocycles. The summed E-state index contributed by atoms with van der Waals surface area (Å²) in [6.45, 7) is 3.46. The SMILES string of the molecule is CCOC(=O)CCC1(C(C)=O)Cc2ccccc2C1=O. The van der Waals surface area contributed by atoms with Gasteiger partial charge in [0.1, 0.15) is 5.78 Å². The minimum absolute atomic E-state index is 0.0904. The maximum absolute atomic E-state index is 12.6. The third kappa shape index (κ3) is 2.38. The van der Waals surface area contributed by atoms with Crippen molar-refractivity contribution in [3.05, 3.63) is 35.4 Å². The van der Waals surface area contributed by atoms with Crippen LogP contribution in [0.15, 0.2) is 24.3 Å². The lowest BCUT2D eigenvalue weighted by Gasteiger charge is -2.23. The molecule has 1 aromatic carbocycles. The van der Waals surface area contributed by atoms with Crippen LogP contribution < -0.4 is 0 Å². The van der Waals surface area contributed by atoms with Crippen LogP contribution in [0.4, 0.5) is 0 Å². The molecule has 1 aromatic rings. The highest BCUT2D eigenvalue weighted by Gasteiger charge is 2.48. The molecule has 0 bridgehead atoms. The summed E-state index contributed by atoms with van der Waals surface area (Å²) in [4.78, 5) is 36.1. The van der Waals surface area contributed by atoms with E-state index < -0.39 is 5.41 Å². The molecule has 0 aliphatic heterocycles. The molecule has 1 atom stereocenters. The Morgan fingerprint density at radius 2 is 2.00 bits per heavy atom. The van der Waals surface area contributed by atoms with Gasteiger partial charge in [-0.2, -0.15) is 0 Å². The number of esters is 1. The maximum Gasteiger partial charge on any atom is 0.305 e. The lowest BCUT2D eigenvalue weighted by molar-refractivity contribution is -0.143. The molecule has 1 aliphatic rings. The molecule has 4 heteroatoms. The lowest BCUT2D eigenvalue weighted by Crippen LogP contribution is -2.36. The molecule has 0 fully saturated rings. The molecule has 0 heterocycles. The van der Waals surface area contributed by atoms with Gasteiger partial charge in [0.25, 0.3) is 0 Å². The summed E-state index contributed by atoms with van der Waals surface area (Å²) < 4.78 is 4.88. The second-order valence-corrected chi connectivity index (χ2v) is 5.11. The molecule has 0 amide bonds. The number of hydrogen-bond acceptors (Lipinski definition) is 4. The van der Waals surface area contributed by atoms with Crippen molar-refractivity contribution in [3.63, 3.8) is 0 Å². The van der Waals surface area contributed by atoms with E-state index in [1.54, 1.807) is 19.1 Å². The Morgan fingerprint density at radius 3 is 2.60 bits per heavy atom. The Hall–Kier alpha value is -1.97. The number of carbonyl (C=O) groups is 3. The van der Waals surface area contributed by atoms with Crippen LogP contribution in [0, 0.1) is 5.41 Å². The molecule has 1 aliphatic carbocycles. The van der Waals surface area contributed by atoms with E-state index in [9.17, 15) is 14.4 Å². The van der Waals surface area contributed by atoms with Crippen LogP contribution >= 0.6 is 0 Å². The third-order valence-corrected chi connectivity index (χ3v) is 3.92. The van der Waals surface area contributed by atoms with Crippen LogP contribution in [0.25, 0.3) is 0 Å². The molecule has 20 heavy (non-hydrogen) atoms. The molecule has 2 rings (SSSR count). The van der Waals surface area contributed by atoms with Gasteiger partial charge in [-0.15, -0.1) is 0 Å². The summed E-state index contributed by atoms with van der Waals surface area (Å²) >= 11 is 0. The summed E-state index contributed by atoms with van der Waals surface area (Å²) in [5.41, 5.74) is 0.402. The van der Waals surface area contributed by atoms with Gasteiger partial charge in [-0.05, 0) is 32.3 Å². The zero-order chi connectivity index (χ0) is 14.8. The van der Waals surface area contributed by atoms with Gasteiger partial charge in [0.05, 0.1) is 12.0 Å². The Balaban J connectivity index is 2.23. The van der Waals surface area contributed by atoms with Crippen LogP contribution in [-0.4, -0.2) is 24.1 Å². The fourth-order valence-electron chi connectivity index (χ4n) is 2.77. The van der Waals surface area contributed by atoms with Crippen LogP contribution in [0.3, 0.4) is 0 Å². The van der Waals surface area contributed by atoms with Crippen molar-refractivity contribution in [1.82, 2.24) is 0 Å². The van der Waals surface area contributed by atoms with E-state index in [1.807, 2.05) is 12.1 Å². The van der Waals surface area contributed by atoms with Crippen molar-refractivity contribution >= 4 is 17.5 Å². The van der Waals surface area contributed by atoms with E-state index >= 15 is 0 Å². The second-order valence-electron chi connectivity index (χ2n) is 5.11. The summed E-state index contributed by atoms with van der Waals surface area (Å²) in [5, 5.41) is 0. The number of fused-ring (bicyclic) bond motifs is 1. The molecule has 0 N–H and O–H groups in total. The fourth-order valence-corrected chi connectivity index (χ4v) is 2.77. The molecule has 106 valence electrons. The standard InChI is InChI=1S/C16H18O4/c1-3-20-14(18)8-9-16(11(2)17)10-12-6-4-5-7-13(12)15(16)19/h4-7H,3,8-10H2,1-2H3. The molecule has 0 spiro atoms. The van der Waals surface area contributed by atoms with Crippen molar-refractivity contribution < 1.29 is 19.1 Å². The van der Waals surface area contributed by atoms with Crippen LogP contribution in [0.1, 0.15) is 42.6 Å². The molecule has 0 saturated heterocycles. The number of benzene rings is 1. The number of carbonyl (C=O) groups excluding carboxylic acids is 3. The quantitative estimate of drug-likeness (QED) is 0.611. The minimum atomic E-state index is -1.09. The van der Waals surface area contributed by atoms with Crippen molar-refractivity contribution in [3.8, 4) is 0 Å². The summed E-state index contributed by atoms with van der Waals surface area (Å²) in [5.74, 6) is -0.704. The molecule has 1 unspecified atom stereocenters. The monoisotopic (exact) mass is 274 g/mol. The Bertz CT molecular complexity index is 561. The average Bonchev–Trinajstić information content (AvgIpc) is 2.72. The van der Waals surface area contributed by atoms with Gasteiger partial charge in [0, 0.05) is 12.0 Å². The highest BCUT2D eigenvalue weighted by Crippen LogP contribution is 2.41. The first-order valence-electron chi connectivity index (χ1n) is 6.80. The van der Waals surface area contributed by atoms with Crippen LogP contribution in [0.5, 0.6) is 0 Å². The first-order valence-corrected chi connectivity index (χ1v) is 6.80. The first-order chi connectivity index (χ1) is 9.51. The molecule has 4 nitrogen and oxygen atoms in total. The lowest BCUT2D eigenvalue weighted by atomic mass is 9.76. The highest BCUT2D eigenvalue weighted by atomic mass is 16.5. The average molecular weight is 274 g/mol. The van der Waals surface area contributed by atoms with Crippen molar-refractivity contribution in [2.24, 2.45) is 5.41 Å². The predicted octanol–water partition coefficient (Wildman–Crippen LogP) is 2.34. The van der Waals surface area contributed by atoms with E-state index in [-0.39, 0.29) is 30.4 Å². The van der Waals surface area contributed by atoms with Crippen molar-refractivity contribution in [1.29, 1.82) is 0 Å². The van der Waals surface area contributed by atoms with Crippen LogP contribution in [-0.2, 0) is 20.7 Å². The largest absolute Gasteiger partial charge is 0.466 e. The van der Waals surface area contributed by atoms with Crippen LogP contribution in [0.2, 0.25) is 0 Å². The normalized spacial score (nSPS) is 20.6. The number of ether oxygens (including phenoxy) is 1. The van der Waals surface area contributed by atoms with Crippen molar-refractivity contribution in [2.75, 3.05) is 6.61 Å². The van der Waals surface area contributed by atoms with E-state index in [4.69, 9.17) is 4.74 Å². The van der Waals surface area contributed by atoms with E-state index in [2.05, 4.69) is 0 Å². The van der Waals surface area contributed by atoms with Gasteiger partial charge in [-0.3, -0.25) is 14.4 Å². The zero-order valence-corrected chi connectivity index (χ0v) is 11.8. The highest BCUT2D eigenvalue weighted by molar-refractivity contribution is 6.17. The topological polar surface area (TPSA) is 60.4 Å². The maximum atomic E-state index is 12.6. The third-order valence-electron chi connectivity index (χ3n) is 3.92. The van der Waals surface area contributed by atoms with Gasteiger partial charge in [-0.25, -0.2) is 0 Å². The molecular weight excluding hydrogens is 256 g/mol. The predicted molar refractivity (Wildman–Crippen MR) is 73.5 cm³/mol. The fraction of sp³-hybridized carbons (Fsp3) is 0.438. The Morgan fingerprint density at radius 1 is 1.30 bits per heavy atom.